The van der Waals surface area contributed by atoms with Gasteiger partial charge in [0.1, 0.15) is 0 Å². The first-order valence-corrected chi connectivity index (χ1v) is 7.33. The topological polar surface area (TPSA) is 12.4 Å². The van der Waals surface area contributed by atoms with Gasteiger partial charge in [-0.3, -0.25) is 0 Å². The smallest absolute Gasteiger partial charge is 0.168 e. The Morgan fingerprint density at radius 3 is 2.21 bits per heavy atom. The zero-order valence-electron chi connectivity index (χ0n) is 9.49. The van der Waals surface area contributed by atoms with E-state index in [0.29, 0.717) is 5.04 Å². The first-order chi connectivity index (χ1) is 6.50. The first-order valence-electron chi connectivity index (χ1n) is 5.08. The maximum absolute atomic E-state index is 4.68. The average molecular weight is 205 g/mol. The minimum absolute atomic E-state index is 0.380. The van der Waals surface area contributed by atoms with Gasteiger partial charge in [0.25, 0.3) is 0 Å². The predicted molar refractivity (Wildman–Crippen MR) is 66.8 cm³/mol. The number of hydrogen-bond donors (Lipinski definition) is 0. The molecule has 0 saturated heterocycles. The van der Waals surface area contributed by atoms with Crippen LogP contribution in [0, 0.1) is 0 Å². The summed E-state index contributed by atoms with van der Waals surface area (Å²) in [6.07, 6.45) is 2.02. The van der Waals surface area contributed by atoms with Crippen molar-refractivity contribution in [2.24, 2.45) is 4.66 Å². The lowest BCUT2D eigenvalue weighted by molar-refractivity contribution is 0.737. The highest BCUT2D eigenvalue weighted by atomic mass is 28.3. The molecule has 2 heteroatoms. The van der Waals surface area contributed by atoms with Gasteiger partial charge in [0.05, 0.1) is 0 Å². The maximum atomic E-state index is 4.68. The second-order valence-electron chi connectivity index (χ2n) is 4.73. The first kappa shape index (κ1) is 11.2. The Kier molecular flexibility index (Phi) is 3.64. The quantitative estimate of drug-likeness (QED) is 0.519. The van der Waals surface area contributed by atoms with Crippen LogP contribution in [-0.2, 0) is 0 Å². The van der Waals surface area contributed by atoms with Crippen molar-refractivity contribution in [2.75, 3.05) is 0 Å². The van der Waals surface area contributed by atoms with E-state index in [-0.39, 0.29) is 0 Å². The number of rotatable bonds is 2. The molecule has 1 unspecified atom stereocenters. The van der Waals surface area contributed by atoms with Gasteiger partial charge in [-0.05, 0) is 10.6 Å². The van der Waals surface area contributed by atoms with Crippen molar-refractivity contribution in [3.63, 3.8) is 0 Å². The summed E-state index contributed by atoms with van der Waals surface area (Å²) in [5, 5.41) is 0.380. The molecule has 76 valence electrons. The van der Waals surface area contributed by atoms with Crippen molar-refractivity contribution in [3.05, 3.63) is 35.9 Å². The summed E-state index contributed by atoms with van der Waals surface area (Å²) >= 11 is 0. The Balaban J connectivity index is 2.66. The molecule has 1 aromatic rings. The molecule has 0 fully saturated rings. The van der Waals surface area contributed by atoms with Gasteiger partial charge in [-0.1, -0.05) is 57.7 Å². The van der Waals surface area contributed by atoms with Crippen molar-refractivity contribution in [3.8, 4) is 0 Å². The molecule has 0 saturated carbocycles. The predicted octanol–water partition coefficient (Wildman–Crippen LogP) is 3.26. The Labute approximate surface area is 88.6 Å². The van der Waals surface area contributed by atoms with Crippen LogP contribution in [0.25, 0.3) is 0 Å². The van der Waals surface area contributed by atoms with Gasteiger partial charge in [0.15, 0.2) is 8.96 Å². The summed E-state index contributed by atoms with van der Waals surface area (Å²) in [6.45, 7) is 9.10. The lowest BCUT2D eigenvalue weighted by atomic mass is 10.2. The van der Waals surface area contributed by atoms with Crippen LogP contribution in [0.4, 0.5) is 0 Å². The summed E-state index contributed by atoms with van der Waals surface area (Å²) in [5.74, 6) is 0. The van der Waals surface area contributed by atoms with Crippen molar-refractivity contribution >= 4 is 15.2 Å². The van der Waals surface area contributed by atoms with Gasteiger partial charge in [-0.25, -0.2) is 0 Å². The van der Waals surface area contributed by atoms with Crippen LogP contribution in [0.2, 0.25) is 11.6 Å². The molecule has 0 aliphatic carbocycles. The summed E-state index contributed by atoms with van der Waals surface area (Å²) in [4.78, 5) is 0. The van der Waals surface area contributed by atoms with Gasteiger partial charge in [0.2, 0.25) is 0 Å². The van der Waals surface area contributed by atoms with Crippen LogP contribution in [0.5, 0.6) is 0 Å². The molecular weight excluding hydrogens is 186 g/mol. The Morgan fingerprint density at radius 1 is 1.14 bits per heavy atom. The molecule has 0 N–H and O–H groups in total. The van der Waals surface area contributed by atoms with E-state index in [2.05, 4.69) is 44.1 Å². The number of nitrogens with zero attached hydrogens (tertiary/aromatic N) is 1. The van der Waals surface area contributed by atoms with Gasteiger partial charge in [0, 0.05) is 6.21 Å². The molecule has 0 aliphatic rings. The van der Waals surface area contributed by atoms with Crippen molar-refractivity contribution in [1.29, 1.82) is 0 Å². The molecule has 0 amide bonds. The fourth-order valence-electron chi connectivity index (χ4n) is 0.961. The van der Waals surface area contributed by atoms with E-state index in [1.165, 1.54) is 5.56 Å². The van der Waals surface area contributed by atoms with Crippen LogP contribution in [0.15, 0.2) is 35.0 Å². The van der Waals surface area contributed by atoms with Gasteiger partial charge in [-0.2, -0.15) is 0 Å². The molecule has 1 atom stereocenters. The zero-order valence-corrected chi connectivity index (χ0v) is 10.6. The summed E-state index contributed by atoms with van der Waals surface area (Å²) in [6, 6.07) is 10.3. The third-order valence-corrected chi connectivity index (χ3v) is 5.60. The standard InChI is InChI=1S/C12H19NSi/c1-12(2,3)14(4)13-10-11-8-6-5-7-9-11/h5-10,14H,1-4H3. The van der Waals surface area contributed by atoms with E-state index < -0.39 is 8.96 Å². The summed E-state index contributed by atoms with van der Waals surface area (Å²) in [5.41, 5.74) is 1.20. The molecule has 14 heavy (non-hydrogen) atoms. The van der Waals surface area contributed by atoms with Crippen LogP contribution >= 0.6 is 0 Å². The van der Waals surface area contributed by atoms with E-state index in [0.717, 1.165) is 0 Å². The highest BCUT2D eigenvalue weighted by Crippen LogP contribution is 2.26. The summed E-state index contributed by atoms with van der Waals surface area (Å²) in [7, 11) is -0.991. The molecule has 1 nitrogen and oxygen atoms in total. The van der Waals surface area contributed by atoms with E-state index in [1.54, 1.807) is 0 Å². The molecular formula is C12H19NSi. The molecule has 0 radical (unpaired) electrons. The van der Waals surface area contributed by atoms with Gasteiger partial charge >= 0.3 is 0 Å². The van der Waals surface area contributed by atoms with Crippen molar-refractivity contribution in [1.82, 2.24) is 0 Å². The molecule has 0 aliphatic heterocycles. The maximum Gasteiger partial charge on any atom is 0.168 e. The summed E-state index contributed by atoms with van der Waals surface area (Å²) < 4.78 is 4.68. The fraction of sp³-hybridized carbons (Fsp3) is 0.417. The number of hydrogen-bond acceptors (Lipinski definition) is 1. The van der Waals surface area contributed by atoms with E-state index in [9.17, 15) is 0 Å². The Hall–Kier alpha value is -0.893. The SMILES string of the molecule is C[SiH](N=Cc1ccccc1)C(C)(C)C. The third-order valence-electron chi connectivity index (χ3n) is 2.50. The Bertz CT molecular complexity index is 298. The Morgan fingerprint density at radius 2 is 1.71 bits per heavy atom. The van der Waals surface area contributed by atoms with Crippen LogP contribution in [0.3, 0.4) is 0 Å². The molecule has 0 spiro atoms. The van der Waals surface area contributed by atoms with E-state index >= 15 is 0 Å². The van der Waals surface area contributed by atoms with Gasteiger partial charge < -0.3 is 4.66 Å². The van der Waals surface area contributed by atoms with Crippen molar-refractivity contribution < 1.29 is 0 Å². The zero-order chi connectivity index (χ0) is 10.6. The fourth-order valence-corrected chi connectivity index (χ4v) is 1.80. The minimum Gasteiger partial charge on any atom is -0.332 e. The van der Waals surface area contributed by atoms with Gasteiger partial charge in [-0.15, -0.1) is 0 Å². The monoisotopic (exact) mass is 205 g/mol. The number of benzene rings is 1. The second kappa shape index (κ2) is 4.56. The second-order valence-corrected chi connectivity index (χ2v) is 8.11. The molecule has 0 heterocycles. The molecule has 0 aromatic heterocycles. The van der Waals surface area contributed by atoms with Crippen LogP contribution < -0.4 is 0 Å². The van der Waals surface area contributed by atoms with Crippen LogP contribution in [0.1, 0.15) is 26.3 Å². The molecule has 1 aromatic carbocycles. The highest BCUT2D eigenvalue weighted by molar-refractivity contribution is 6.59. The normalized spacial score (nSPS) is 14.6. The minimum atomic E-state index is -0.991. The largest absolute Gasteiger partial charge is 0.332 e. The lowest BCUT2D eigenvalue weighted by Gasteiger charge is -2.21. The molecule has 0 bridgehead atoms. The average Bonchev–Trinajstić information content (AvgIpc) is 2.14. The van der Waals surface area contributed by atoms with Crippen LogP contribution in [-0.4, -0.2) is 15.2 Å². The van der Waals surface area contributed by atoms with Crippen molar-refractivity contribution in [2.45, 2.75) is 32.4 Å². The van der Waals surface area contributed by atoms with E-state index in [4.69, 9.17) is 0 Å². The van der Waals surface area contributed by atoms with E-state index in [1.807, 2.05) is 24.4 Å². The molecule has 1 rings (SSSR count). The third kappa shape index (κ3) is 3.46. The highest BCUT2D eigenvalue weighted by Gasteiger charge is 2.20. The lowest BCUT2D eigenvalue weighted by Crippen LogP contribution is -2.19.